The summed E-state index contributed by atoms with van der Waals surface area (Å²) < 4.78 is 5.00. The highest BCUT2D eigenvalue weighted by molar-refractivity contribution is 8.18. The van der Waals surface area contributed by atoms with E-state index in [0.29, 0.717) is 32.1 Å². The number of nitrogens with one attached hydrogen (secondary N) is 1. The van der Waals surface area contributed by atoms with Crippen molar-refractivity contribution in [1.29, 1.82) is 0 Å². The summed E-state index contributed by atoms with van der Waals surface area (Å²) in [4.78, 5) is 16.9. The van der Waals surface area contributed by atoms with Crippen molar-refractivity contribution < 1.29 is 14.6 Å². The minimum Gasteiger partial charge on any atom is -0.504 e. The van der Waals surface area contributed by atoms with Gasteiger partial charge in [0.15, 0.2) is 16.7 Å². The maximum absolute atomic E-state index is 12.1. The van der Waals surface area contributed by atoms with Crippen molar-refractivity contribution in [2.24, 2.45) is 4.99 Å². The molecule has 1 heterocycles. The average molecular weight is 361 g/mol. The summed E-state index contributed by atoms with van der Waals surface area (Å²) in [5.74, 6) is 0.142. The Hall–Kier alpha value is -2.44. The number of carbonyl (C=O) groups excluding carboxylic acids is 1. The highest BCUT2D eigenvalue weighted by Gasteiger charge is 2.24. The molecular formula is C17H13ClN2O3S. The van der Waals surface area contributed by atoms with Crippen LogP contribution in [0.25, 0.3) is 6.08 Å². The molecule has 1 fully saturated rings. The number of thioether (sulfide) groups is 1. The van der Waals surface area contributed by atoms with E-state index in [2.05, 4.69) is 10.3 Å². The number of ether oxygens (including phenoxy) is 1. The van der Waals surface area contributed by atoms with Crippen LogP contribution in [-0.4, -0.2) is 23.3 Å². The van der Waals surface area contributed by atoms with Gasteiger partial charge >= 0.3 is 0 Å². The zero-order valence-corrected chi connectivity index (χ0v) is 14.2. The van der Waals surface area contributed by atoms with Crippen LogP contribution in [0.15, 0.2) is 52.4 Å². The highest BCUT2D eigenvalue weighted by Crippen LogP contribution is 2.32. The second kappa shape index (κ2) is 6.98. The molecule has 2 aromatic rings. The first kappa shape index (κ1) is 16.4. The van der Waals surface area contributed by atoms with Crippen molar-refractivity contribution in [3.05, 3.63) is 58.0 Å². The number of amides is 1. The summed E-state index contributed by atoms with van der Waals surface area (Å²) in [5, 5.41) is 13.5. The number of aromatic hydroxyl groups is 1. The Balaban J connectivity index is 1.85. The lowest BCUT2D eigenvalue weighted by Crippen LogP contribution is -2.19. The van der Waals surface area contributed by atoms with Crippen LogP contribution in [0.5, 0.6) is 11.5 Å². The molecule has 5 nitrogen and oxygen atoms in total. The van der Waals surface area contributed by atoms with Gasteiger partial charge in [0.2, 0.25) is 0 Å². The maximum atomic E-state index is 12.1. The van der Waals surface area contributed by atoms with Gasteiger partial charge in [-0.1, -0.05) is 29.8 Å². The minimum absolute atomic E-state index is 0.0141. The lowest BCUT2D eigenvalue weighted by atomic mass is 10.2. The number of carbonyl (C=O) groups is 1. The summed E-state index contributed by atoms with van der Waals surface area (Å²) in [5.41, 5.74) is 1.27. The predicted molar refractivity (Wildman–Crippen MR) is 96.9 cm³/mol. The molecular weight excluding hydrogens is 348 g/mol. The molecule has 0 aromatic heterocycles. The van der Waals surface area contributed by atoms with Crippen LogP contribution in [0.3, 0.4) is 0 Å². The Bertz CT molecular complexity index is 865. The van der Waals surface area contributed by atoms with Gasteiger partial charge in [0.25, 0.3) is 5.91 Å². The number of halogens is 1. The Morgan fingerprint density at radius 2 is 2.08 bits per heavy atom. The molecule has 2 aromatic carbocycles. The third-order valence-corrected chi connectivity index (χ3v) is 4.46. The van der Waals surface area contributed by atoms with Gasteiger partial charge in [-0.25, -0.2) is 4.99 Å². The third-order valence-electron chi connectivity index (χ3n) is 3.23. The summed E-state index contributed by atoms with van der Waals surface area (Å²) in [6.45, 7) is 0. The number of amidine groups is 1. The molecule has 1 amide bonds. The van der Waals surface area contributed by atoms with E-state index in [0.717, 1.165) is 0 Å². The van der Waals surface area contributed by atoms with E-state index in [4.69, 9.17) is 16.3 Å². The van der Waals surface area contributed by atoms with Crippen LogP contribution in [-0.2, 0) is 4.79 Å². The number of methoxy groups -OCH3 is 1. The Morgan fingerprint density at radius 3 is 2.79 bits per heavy atom. The average Bonchev–Trinajstić information content (AvgIpc) is 2.89. The number of phenols is 1. The monoisotopic (exact) mass is 360 g/mol. The van der Waals surface area contributed by atoms with Crippen molar-refractivity contribution in [2.75, 3.05) is 7.11 Å². The molecule has 122 valence electrons. The van der Waals surface area contributed by atoms with Gasteiger partial charge in [0.1, 0.15) is 0 Å². The normalized spacial score (nSPS) is 17.3. The number of hydrogen-bond acceptors (Lipinski definition) is 5. The summed E-state index contributed by atoms with van der Waals surface area (Å²) >= 11 is 7.28. The molecule has 0 spiro atoms. The highest BCUT2D eigenvalue weighted by atomic mass is 35.5. The molecule has 3 rings (SSSR count). The number of para-hydroxylation sites is 1. The smallest absolute Gasteiger partial charge is 0.264 e. The standard InChI is InChI=1S/C17H13ClN2O3S/c1-23-14-7-6-10(8-13(14)21)9-15-16(22)20-17(24-15)19-12-5-3-2-4-11(12)18/h2-9,21H,1H3,(H,19,20,22)/b15-9+. The number of nitrogens with zero attached hydrogens (tertiary/aromatic N) is 1. The number of rotatable bonds is 3. The van der Waals surface area contributed by atoms with Crippen LogP contribution >= 0.6 is 23.4 Å². The fraction of sp³-hybridized carbons (Fsp3) is 0.0588. The first-order chi connectivity index (χ1) is 11.6. The molecule has 1 saturated heterocycles. The van der Waals surface area contributed by atoms with E-state index in [1.54, 1.807) is 30.3 Å². The Kier molecular flexibility index (Phi) is 4.78. The fourth-order valence-electron chi connectivity index (χ4n) is 2.08. The van der Waals surface area contributed by atoms with E-state index in [1.807, 2.05) is 12.1 Å². The lowest BCUT2D eigenvalue weighted by molar-refractivity contribution is -0.115. The summed E-state index contributed by atoms with van der Waals surface area (Å²) in [6, 6.07) is 12.1. The van der Waals surface area contributed by atoms with Crippen molar-refractivity contribution in [3.63, 3.8) is 0 Å². The maximum Gasteiger partial charge on any atom is 0.264 e. The van der Waals surface area contributed by atoms with Crippen molar-refractivity contribution in [2.45, 2.75) is 0 Å². The fourth-order valence-corrected chi connectivity index (χ4v) is 3.09. The van der Waals surface area contributed by atoms with E-state index in [9.17, 15) is 9.90 Å². The molecule has 2 N–H and O–H groups in total. The largest absolute Gasteiger partial charge is 0.504 e. The van der Waals surface area contributed by atoms with Crippen molar-refractivity contribution >= 4 is 46.2 Å². The van der Waals surface area contributed by atoms with E-state index in [1.165, 1.54) is 24.9 Å². The molecule has 0 radical (unpaired) electrons. The second-order valence-corrected chi connectivity index (χ2v) is 6.30. The molecule has 0 unspecified atom stereocenters. The molecule has 1 aliphatic heterocycles. The quantitative estimate of drug-likeness (QED) is 0.813. The van der Waals surface area contributed by atoms with Crippen LogP contribution in [0, 0.1) is 0 Å². The predicted octanol–water partition coefficient (Wildman–Crippen LogP) is 3.95. The topological polar surface area (TPSA) is 70.9 Å². The number of phenolic OH excluding ortho intramolecular Hbond substituents is 1. The van der Waals surface area contributed by atoms with Crippen LogP contribution in [0.2, 0.25) is 5.02 Å². The Labute approximate surface area is 148 Å². The first-order valence-electron chi connectivity index (χ1n) is 6.98. The summed E-state index contributed by atoms with van der Waals surface area (Å²) in [7, 11) is 1.48. The second-order valence-electron chi connectivity index (χ2n) is 4.86. The van der Waals surface area contributed by atoms with Gasteiger partial charge in [-0.15, -0.1) is 0 Å². The lowest BCUT2D eigenvalue weighted by Gasteiger charge is -2.03. The Morgan fingerprint density at radius 1 is 1.29 bits per heavy atom. The van der Waals surface area contributed by atoms with Gasteiger partial charge in [0.05, 0.1) is 22.7 Å². The third kappa shape index (κ3) is 3.55. The van der Waals surface area contributed by atoms with Crippen LogP contribution in [0.1, 0.15) is 5.56 Å². The van der Waals surface area contributed by atoms with Crippen molar-refractivity contribution in [1.82, 2.24) is 5.32 Å². The van der Waals surface area contributed by atoms with Gasteiger partial charge in [-0.2, -0.15) is 0 Å². The molecule has 0 bridgehead atoms. The molecule has 0 saturated carbocycles. The summed E-state index contributed by atoms with van der Waals surface area (Å²) in [6.07, 6.45) is 1.67. The number of hydrogen-bond donors (Lipinski definition) is 2. The van der Waals surface area contributed by atoms with Crippen molar-refractivity contribution in [3.8, 4) is 11.5 Å². The number of benzene rings is 2. The SMILES string of the molecule is COc1ccc(/C=C2/SC(=Nc3ccccc3Cl)NC2=O)cc1O. The first-order valence-corrected chi connectivity index (χ1v) is 8.17. The van der Waals surface area contributed by atoms with Gasteiger partial charge in [0, 0.05) is 0 Å². The van der Waals surface area contributed by atoms with Gasteiger partial charge < -0.3 is 15.2 Å². The zero-order valence-electron chi connectivity index (χ0n) is 12.6. The van der Waals surface area contributed by atoms with Crippen LogP contribution < -0.4 is 10.1 Å². The van der Waals surface area contributed by atoms with E-state index in [-0.39, 0.29) is 11.7 Å². The molecule has 0 aliphatic carbocycles. The van der Waals surface area contributed by atoms with Gasteiger partial charge in [-0.3, -0.25) is 4.79 Å². The number of aliphatic imine (C=N–C) groups is 1. The molecule has 24 heavy (non-hydrogen) atoms. The molecule has 7 heteroatoms. The molecule has 0 atom stereocenters. The van der Waals surface area contributed by atoms with E-state index < -0.39 is 0 Å². The van der Waals surface area contributed by atoms with Gasteiger partial charge in [-0.05, 0) is 47.7 Å². The van der Waals surface area contributed by atoms with E-state index >= 15 is 0 Å². The van der Waals surface area contributed by atoms with Crippen LogP contribution in [0.4, 0.5) is 5.69 Å². The zero-order chi connectivity index (χ0) is 17.1. The molecule has 1 aliphatic rings. The minimum atomic E-state index is -0.249.